The predicted molar refractivity (Wildman–Crippen MR) is 98.3 cm³/mol. The fourth-order valence-electron chi connectivity index (χ4n) is 3.27. The molecule has 3 rings (SSSR count). The van der Waals surface area contributed by atoms with Gasteiger partial charge in [0, 0.05) is 18.3 Å². The molecule has 1 amide bonds. The summed E-state index contributed by atoms with van der Waals surface area (Å²) < 4.78 is 10.5. The molecule has 5 heteroatoms. The first-order valence-electron chi connectivity index (χ1n) is 8.44. The zero-order valence-corrected chi connectivity index (χ0v) is 14.9. The van der Waals surface area contributed by atoms with Gasteiger partial charge in [0.25, 0.3) is 0 Å². The molecule has 2 aromatic rings. The molecule has 0 radical (unpaired) electrons. The number of amides is 1. The molecule has 2 aromatic carbocycles. The van der Waals surface area contributed by atoms with Gasteiger partial charge in [-0.3, -0.25) is 4.79 Å². The predicted octanol–water partition coefficient (Wildman–Crippen LogP) is 2.77. The van der Waals surface area contributed by atoms with Crippen LogP contribution in [-0.4, -0.2) is 32.7 Å². The van der Waals surface area contributed by atoms with E-state index in [0.29, 0.717) is 30.6 Å². The number of rotatable bonds is 6. The SMILES string of the molecule is COc1ccc(CNC(=O)CN2c3ccccc3CC2C)cc1OC. The molecule has 25 heavy (non-hydrogen) atoms. The summed E-state index contributed by atoms with van der Waals surface area (Å²) in [5.41, 5.74) is 3.44. The number of ether oxygens (including phenoxy) is 2. The number of methoxy groups -OCH3 is 2. The number of hydrogen-bond donors (Lipinski definition) is 1. The number of para-hydroxylation sites is 1. The summed E-state index contributed by atoms with van der Waals surface area (Å²) in [6, 6.07) is 14.3. The molecule has 1 atom stereocenters. The topological polar surface area (TPSA) is 50.8 Å². The molecule has 1 aliphatic heterocycles. The van der Waals surface area contributed by atoms with Gasteiger partial charge in [-0.25, -0.2) is 0 Å². The summed E-state index contributed by atoms with van der Waals surface area (Å²) in [6.45, 7) is 2.98. The van der Waals surface area contributed by atoms with Gasteiger partial charge in [0.1, 0.15) is 0 Å². The summed E-state index contributed by atoms with van der Waals surface area (Å²) in [6.07, 6.45) is 0.985. The van der Waals surface area contributed by atoms with Gasteiger partial charge in [-0.1, -0.05) is 24.3 Å². The molecule has 0 spiro atoms. The van der Waals surface area contributed by atoms with Crippen LogP contribution in [0, 0.1) is 0 Å². The van der Waals surface area contributed by atoms with E-state index in [-0.39, 0.29) is 5.91 Å². The molecule has 132 valence electrons. The van der Waals surface area contributed by atoms with Gasteiger partial charge >= 0.3 is 0 Å². The van der Waals surface area contributed by atoms with Crippen LogP contribution in [0.25, 0.3) is 0 Å². The maximum Gasteiger partial charge on any atom is 0.239 e. The smallest absolute Gasteiger partial charge is 0.239 e. The van der Waals surface area contributed by atoms with Crippen molar-refractivity contribution in [3.05, 3.63) is 53.6 Å². The minimum Gasteiger partial charge on any atom is -0.493 e. The van der Waals surface area contributed by atoms with Gasteiger partial charge in [-0.2, -0.15) is 0 Å². The highest BCUT2D eigenvalue weighted by Crippen LogP contribution is 2.31. The van der Waals surface area contributed by atoms with Crippen LogP contribution < -0.4 is 19.7 Å². The van der Waals surface area contributed by atoms with Crippen LogP contribution in [0.5, 0.6) is 11.5 Å². The monoisotopic (exact) mass is 340 g/mol. The molecule has 1 unspecified atom stereocenters. The van der Waals surface area contributed by atoms with Gasteiger partial charge in [0.15, 0.2) is 11.5 Å². The summed E-state index contributed by atoms with van der Waals surface area (Å²) in [5.74, 6) is 1.36. The molecule has 0 fully saturated rings. The molecule has 1 N–H and O–H groups in total. The molecule has 0 aliphatic carbocycles. The van der Waals surface area contributed by atoms with Gasteiger partial charge in [0.2, 0.25) is 5.91 Å². The van der Waals surface area contributed by atoms with Crippen molar-refractivity contribution in [3.8, 4) is 11.5 Å². The number of hydrogen-bond acceptors (Lipinski definition) is 4. The van der Waals surface area contributed by atoms with E-state index in [2.05, 4.69) is 29.3 Å². The quantitative estimate of drug-likeness (QED) is 0.878. The number of anilines is 1. The van der Waals surface area contributed by atoms with Gasteiger partial charge < -0.3 is 19.7 Å². The summed E-state index contributed by atoms with van der Waals surface area (Å²) in [5, 5.41) is 2.99. The lowest BCUT2D eigenvalue weighted by Crippen LogP contribution is -2.39. The average Bonchev–Trinajstić information content (AvgIpc) is 2.95. The van der Waals surface area contributed by atoms with E-state index in [9.17, 15) is 4.79 Å². The molecule has 0 bridgehead atoms. The van der Waals surface area contributed by atoms with Gasteiger partial charge in [-0.15, -0.1) is 0 Å². The van der Waals surface area contributed by atoms with Crippen molar-refractivity contribution in [2.45, 2.75) is 25.9 Å². The second-order valence-corrected chi connectivity index (χ2v) is 6.28. The van der Waals surface area contributed by atoms with Crippen LogP contribution in [0.15, 0.2) is 42.5 Å². The van der Waals surface area contributed by atoms with E-state index < -0.39 is 0 Å². The Kier molecular flexibility index (Phi) is 5.12. The molecule has 1 heterocycles. The van der Waals surface area contributed by atoms with Crippen LogP contribution in [0.3, 0.4) is 0 Å². The third-order valence-electron chi connectivity index (χ3n) is 4.60. The van der Waals surface area contributed by atoms with Crippen molar-refractivity contribution in [2.75, 3.05) is 25.7 Å². The Morgan fingerprint density at radius 1 is 1.16 bits per heavy atom. The molecular weight excluding hydrogens is 316 g/mol. The zero-order chi connectivity index (χ0) is 17.8. The molecule has 0 aromatic heterocycles. The highest BCUT2D eigenvalue weighted by Gasteiger charge is 2.26. The van der Waals surface area contributed by atoms with E-state index in [1.54, 1.807) is 14.2 Å². The Balaban J connectivity index is 1.60. The van der Waals surface area contributed by atoms with E-state index in [1.807, 2.05) is 30.3 Å². The lowest BCUT2D eigenvalue weighted by Gasteiger charge is -2.24. The average molecular weight is 340 g/mol. The summed E-state index contributed by atoms with van der Waals surface area (Å²) in [4.78, 5) is 14.6. The van der Waals surface area contributed by atoms with Gasteiger partial charge in [-0.05, 0) is 42.7 Å². The summed E-state index contributed by atoms with van der Waals surface area (Å²) >= 11 is 0. The largest absolute Gasteiger partial charge is 0.493 e. The first-order chi connectivity index (χ1) is 12.1. The fraction of sp³-hybridized carbons (Fsp3) is 0.350. The highest BCUT2D eigenvalue weighted by atomic mass is 16.5. The number of carbonyl (C=O) groups excluding carboxylic acids is 1. The maximum atomic E-state index is 12.4. The molecule has 1 aliphatic rings. The first kappa shape index (κ1) is 17.1. The van der Waals surface area contributed by atoms with Crippen LogP contribution in [0.4, 0.5) is 5.69 Å². The first-order valence-corrected chi connectivity index (χ1v) is 8.44. The Morgan fingerprint density at radius 2 is 1.92 bits per heavy atom. The van der Waals surface area contributed by atoms with Crippen molar-refractivity contribution in [3.63, 3.8) is 0 Å². The van der Waals surface area contributed by atoms with Crippen LogP contribution in [-0.2, 0) is 17.8 Å². The zero-order valence-electron chi connectivity index (χ0n) is 14.9. The van der Waals surface area contributed by atoms with Crippen LogP contribution >= 0.6 is 0 Å². The second-order valence-electron chi connectivity index (χ2n) is 6.28. The number of benzene rings is 2. The van der Waals surface area contributed by atoms with Crippen molar-refractivity contribution < 1.29 is 14.3 Å². The van der Waals surface area contributed by atoms with E-state index >= 15 is 0 Å². The molecule has 0 saturated heterocycles. The van der Waals surface area contributed by atoms with E-state index in [0.717, 1.165) is 17.7 Å². The third kappa shape index (κ3) is 3.71. The maximum absolute atomic E-state index is 12.4. The number of nitrogens with one attached hydrogen (secondary N) is 1. The number of carbonyl (C=O) groups is 1. The van der Waals surface area contributed by atoms with Crippen molar-refractivity contribution in [1.29, 1.82) is 0 Å². The fourth-order valence-corrected chi connectivity index (χ4v) is 3.27. The molecule has 5 nitrogen and oxygen atoms in total. The standard InChI is InChI=1S/C20H24N2O3/c1-14-10-16-6-4-5-7-17(16)22(14)13-20(23)21-12-15-8-9-18(24-2)19(11-15)25-3/h4-9,11,14H,10,12-13H2,1-3H3,(H,21,23). The Hall–Kier alpha value is -2.69. The van der Waals surface area contributed by atoms with Crippen LogP contribution in [0.1, 0.15) is 18.1 Å². The second kappa shape index (κ2) is 7.47. The Labute approximate surface area is 148 Å². The summed E-state index contributed by atoms with van der Waals surface area (Å²) in [7, 11) is 3.21. The molecular formula is C20H24N2O3. The lowest BCUT2D eigenvalue weighted by atomic mass is 10.1. The van der Waals surface area contributed by atoms with E-state index in [1.165, 1.54) is 5.56 Å². The minimum atomic E-state index is 0.0123. The highest BCUT2D eigenvalue weighted by molar-refractivity contribution is 5.82. The van der Waals surface area contributed by atoms with Crippen molar-refractivity contribution in [1.82, 2.24) is 5.32 Å². The Bertz CT molecular complexity index is 760. The Morgan fingerprint density at radius 3 is 2.68 bits per heavy atom. The normalized spacial score (nSPS) is 15.6. The van der Waals surface area contributed by atoms with E-state index in [4.69, 9.17) is 9.47 Å². The van der Waals surface area contributed by atoms with Crippen LogP contribution in [0.2, 0.25) is 0 Å². The van der Waals surface area contributed by atoms with Crippen molar-refractivity contribution in [2.24, 2.45) is 0 Å². The third-order valence-corrected chi connectivity index (χ3v) is 4.60. The lowest BCUT2D eigenvalue weighted by molar-refractivity contribution is -0.120. The molecule has 0 saturated carbocycles. The van der Waals surface area contributed by atoms with Gasteiger partial charge in [0.05, 0.1) is 20.8 Å². The van der Waals surface area contributed by atoms with Crippen molar-refractivity contribution >= 4 is 11.6 Å². The minimum absolute atomic E-state index is 0.0123. The number of nitrogens with zero attached hydrogens (tertiary/aromatic N) is 1. The number of fused-ring (bicyclic) bond motifs is 1.